The zero-order chi connectivity index (χ0) is 9.03. The monoisotopic (exact) mass is 168 g/mol. The fourth-order valence-corrected chi connectivity index (χ4v) is 2.18. The van der Waals surface area contributed by atoms with E-state index in [9.17, 15) is 4.79 Å². The average molecular weight is 168 g/mol. The van der Waals surface area contributed by atoms with Crippen LogP contribution in [0.1, 0.15) is 52.4 Å². The van der Waals surface area contributed by atoms with Crippen molar-refractivity contribution in [3.05, 3.63) is 0 Å². The van der Waals surface area contributed by atoms with Gasteiger partial charge in [0.2, 0.25) is 0 Å². The molecule has 0 N–H and O–H groups in total. The largest absolute Gasteiger partial charge is 0.303 e. The zero-order valence-corrected chi connectivity index (χ0v) is 8.31. The first-order valence-corrected chi connectivity index (χ1v) is 5.25. The van der Waals surface area contributed by atoms with Crippen molar-refractivity contribution in [1.82, 2.24) is 0 Å². The van der Waals surface area contributed by atoms with Crippen LogP contribution < -0.4 is 0 Å². The van der Waals surface area contributed by atoms with Crippen LogP contribution in [0.4, 0.5) is 0 Å². The molecule has 0 amide bonds. The van der Waals surface area contributed by atoms with Crippen molar-refractivity contribution in [3.63, 3.8) is 0 Å². The molecule has 0 spiro atoms. The van der Waals surface area contributed by atoms with E-state index in [1.165, 1.54) is 32.0 Å². The van der Waals surface area contributed by atoms with Crippen LogP contribution >= 0.6 is 0 Å². The molecule has 1 heteroatoms. The Morgan fingerprint density at radius 3 is 2.00 bits per heavy atom. The van der Waals surface area contributed by atoms with Crippen LogP contribution in [0.2, 0.25) is 0 Å². The van der Waals surface area contributed by atoms with Gasteiger partial charge in [-0.1, -0.05) is 26.7 Å². The van der Waals surface area contributed by atoms with E-state index >= 15 is 0 Å². The summed E-state index contributed by atoms with van der Waals surface area (Å²) in [5.41, 5.74) is 0.131. The van der Waals surface area contributed by atoms with Gasteiger partial charge in [0, 0.05) is 5.41 Å². The van der Waals surface area contributed by atoms with Gasteiger partial charge in [0.05, 0.1) is 0 Å². The lowest BCUT2D eigenvalue weighted by molar-refractivity contribution is -0.114. The van der Waals surface area contributed by atoms with Gasteiger partial charge in [0.15, 0.2) is 0 Å². The Morgan fingerprint density at radius 1 is 1.25 bits per heavy atom. The SMILES string of the molecule is CCCC(CCC)C1(C=O)CC1. The van der Waals surface area contributed by atoms with E-state index in [4.69, 9.17) is 0 Å². The Hall–Kier alpha value is -0.330. The van der Waals surface area contributed by atoms with Crippen molar-refractivity contribution in [2.45, 2.75) is 52.4 Å². The summed E-state index contributed by atoms with van der Waals surface area (Å²) in [7, 11) is 0. The maximum absolute atomic E-state index is 10.9. The molecule has 0 aromatic carbocycles. The Balaban J connectivity index is 2.46. The molecular weight excluding hydrogens is 148 g/mol. The molecule has 1 rings (SSSR count). The Morgan fingerprint density at radius 2 is 1.75 bits per heavy atom. The summed E-state index contributed by atoms with van der Waals surface area (Å²) in [4.78, 5) is 10.9. The molecule has 0 aromatic rings. The fourth-order valence-electron chi connectivity index (χ4n) is 2.18. The minimum atomic E-state index is 0.131. The lowest BCUT2D eigenvalue weighted by atomic mass is 9.83. The van der Waals surface area contributed by atoms with E-state index in [2.05, 4.69) is 13.8 Å². The van der Waals surface area contributed by atoms with E-state index in [0.717, 1.165) is 12.8 Å². The first kappa shape index (κ1) is 9.76. The van der Waals surface area contributed by atoms with Crippen molar-refractivity contribution < 1.29 is 4.79 Å². The van der Waals surface area contributed by atoms with E-state index in [-0.39, 0.29) is 5.41 Å². The smallest absolute Gasteiger partial charge is 0.126 e. The van der Waals surface area contributed by atoms with Gasteiger partial charge in [-0.05, 0) is 31.6 Å². The van der Waals surface area contributed by atoms with Crippen LogP contribution in [0, 0.1) is 11.3 Å². The van der Waals surface area contributed by atoms with Crippen LogP contribution in [0.25, 0.3) is 0 Å². The van der Waals surface area contributed by atoms with Gasteiger partial charge >= 0.3 is 0 Å². The molecular formula is C11H20O. The molecule has 0 atom stereocenters. The second-order valence-electron chi connectivity index (χ2n) is 4.13. The molecule has 1 aliphatic rings. The molecule has 0 heterocycles. The van der Waals surface area contributed by atoms with Crippen LogP contribution in [0.3, 0.4) is 0 Å². The van der Waals surface area contributed by atoms with Gasteiger partial charge in [0.25, 0.3) is 0 Å². The lowest BCUT2D eigenvalue weighted by Gasteiger charge is -2.20. The Bertz CT molecular complexity index is 141. The Kier molecular flexibility index (Phi) is 3.30. The molecule has 1 aliphatic carbocycles. The third-order valence-electron chi connectivity index (χ3n) is 3.15. The predicted molar refractivity (Wildman–Crippen MR) is 51.0 cm³/mol. The normalized spacial score (nSPS) is 19.6. The van der Waals surface area contributed by atoms with E-state index in [0.29, 0.717) is 5.92 Å². The summed E-state index contributed by atoms with van der Waals surface area (Å²) in [6.45, 7) is 4.42. The standard InChI is InChI=1S/C11H20O/c1-3-5-10(6-4-2)11(9-12)7-8-11/h9-10H,3-8H2,1-2H3. The van der Waals surface area contributed by atoms with Crippen LogP contribution in [0.5, 0.6) is 0 Å². The summed E-state index contributed by atoms with van der Waals surface area (Å²) >= 11 is 0. The quantitative estimate of drug-likeness (QED) is 0.557. The highest BCUT2D eigenvalue weighted by Gasteiger charge is 2.47. The number of hydrogen-bond donors (Lipinski definition) is 0. The minimum Gasteiger partial charge on any atom is -0.303 e. The van der Waals surface area contributed by atoms with Gasteiger partial charge in [-0.25, -0.2) is 0 Å². The number of carbonyl (C=O) groups excluding carboxylic acids is 1. The van der Waals surface area contributed by atoms with Gasteiger partial charge in [-0.15, -0.1) is 0 Å². The molecule has 0 unspecified atom stereocenters. The summed E-state index contributed by atoms with van der Waals surface area (Å²) < 4.78 is 0. The van der Waals surface area contributed by atoms with Crippen LogP contribution in [-0.2, 0) is 4.79 Å². The second-order valence-corrected chi connectivity index (χ2v) is 4.13. The average Bonchev–Trinajstić information content (AvgIpc) is 2.85. The third kappa shape index (κ3) is 1.88. The number of hydrogen-bond acceptors (Lipinski definition) is 1. The molecule has 1 nitrogen and oxygen atoms in total. The topological polar surface area (TPSA) is 17.1 Å². The van der Waals surface area contributed by atoms with Crippen molar-refractivity contribution >= 4 is 6.29 Å². The highest BCUT2D eigenvalue weighted by atomic mass is 16.1. The van der Waals surface area contributed by atoms with E-state index in [1.54, 1.807) is 0 Å². The maximum Gasteiger partial charge on any atom is 0.126 e. The number of carbonyl (C=O) groups is 1. The molecule has 1 saturated carbocycles. The predicted octanol–water partition coefficient (Wildman–Crippen LogP) is 3.18. The summed E-state index contributed by atoms with van der Waals surface area (Å²) in [5.74, 6) is 0.685. The molecule has 0 aliphatic heterocycles. The molecule has 70 valence electrons. The fraction of sp³-hybridized carbons (Fsp3) is 0.909. The summed E-state index contributed by atoms with van der Waals surface area (Å²) in [6, 6.07) is 0. The van der Waals surface area contributed by atoms with Gasteiger partial charge in [0.1, 0.15) is 6.29 Å². The third-order valence-corrected chi connectivity index (χ3v) is 3.15. The molecule has 12 heavy (non-hydrogen) atoms. The van der Waals surface area contributed by atoms with Crippen molar-refractivity contribution in [2.75, 3.05) is 0 Å². The van der Waals surface area contributed by atoms with Crippen molar-refractivity contribution in [2.24, 2.45) is 11.3 Å². The minimum absolute atomic E-state index is 0.131. The van der Waals surface area contributed by atoms with Crippen LogP contribution in [-0.4, -0.2) is 6.29 Å². The number of aldehydes is 1. The first-order valence-electron chi connectivity index (χ1n) is 5.25. The maximum atomic E-state index is 10.9. The lowest BCUT2D eigenvalue weighted by Crippen LogP contribution is -2.17. The van der Waals surface area contributed by atoms with Crippen molar-refractivity contribution in [3.8, 4) is 0 Å². The summed E-state index contributed by atoms with van der Waals surface area (Å²) in [5, 5.41) is 0. The first-order chi connectivity index (χ1) is 5.79. The van der Waals surface area contributed by atoms with Gasteiger partial charge in [-0.3, -0.25) is 0 Å². The van der Waals surface area contributed by atoms with E-state index in [1.807, 2.05) is 0 Å². The Labute approximate surface area is 75.5 Å². The van der Waals surface area contributed by atoms with Gasteiger partial charge in [-0.2, -0.15) is 0 Å². The van der Waals surface area contributed by atoms with E-state index < -0.39 is 0 Å². The molecule has 1 fully saturated rings. The highest BCUT2D eigenvalue weighted by Crippen LogP contribution is 2.53. The molecule has 0 radical (unpaired) electrons. The second kappa shape index (κ2) is 4.06. The van der Waals surface area contributed by atoms with Crippen LogP contribution in [0.15, 0.2) is 0 Å². The van der Waals surface area contributed by atoms with Crippen molar-refractivity contribution in [1.29, 1.82) is 0 Å². The summed E-state index contributed by atoms with van der Waals surface area (Å²) in [6.07, 6.45) is 8.46. The molecule has 0 saturated heterocycles. The molecule has 0 aromatic heterocycles. The number of rotatable bonds is 6. The highest BCUT2D eigenvalue weighted by molar-refractivity contribution is 5.64. The molecule has 0 bridgehead atoms. The zero-order valence-electron chi connectivity index (χ0n) is 8.31. The van der Waals surface area contributed by atoms with Gasteiger partial charge < -0.3 is 4.79 Å².